The van der Waals surface area contributed by atoms with E-state index in [0.717, 1.165) is 82.9 Å². The minimum atomic E-state index is -0.229. The van der Waals surface area contributed by atoms with Crippen molar-refractivity contribution in [2.45, 2.75) is 96.9 Å². The highest BCUT2D eigenvalue weighted by Gasteiger charge is 2.22. The molecule has 3 N–H and O–H groups in total. The lowest BCUT2D eigenvalue weighted by Gasteiger charge is -2.21. The molecule has 39 heavy (non-hydrogen) atoms. The topological polar surface area (TPSA) is 83.1 Å². The van der Waals surface area contributed by atoms with Gasteiger partial charge in [-0.25, -0.2) is 4.98 Å². The number of anilines is 1. The molecule has 0 radical (unpaired) electrons. The molecule has 1 aliphatic rings. The number of rotatable bonds is 19. The zero-order valence-corrected chi connectivity index (χ0v) is 24.7. The molecule has 0 aromatic carbocycles. The number of carbonyl (C=O) groups excluding carboxylic acids is 2. The Morgan fingerprint density at radius 1 is 0.897 bits per heavy atom. The van der Waals surface area contributed by atoms with E-state index >= 15 is 0 Å². The third-order valence-corrected chi connectivity index (χ3v) is 7.28. The van der Waals surface area contributed by atoms with Crippen LogP contribution in [-0.2, 0) is 22.4 Å². The number of hydrogen-bond donors (Lipinski definition) is 3. The second-order valence-corrected chi connectivity index (χ2v) is 10.8. The van der Waals surface area contributed by atoms with Crippen LogP contribution in [0.3, 0.4) is 0 Å². The summed E-state index contributed by atoms with van der Waals surface area (Å²) in [4.78, 5) is 30.2. The van der Waals surface area contributed by atoms with Crippen molar-refractivity contribution in [1.29, 1.82) is 0 Å². The van der Waals surface area contributed by atoms with E-state index in [0.29, 0.717) is 17.6 Å². The first kappa shape index (κ1) is 32.4. The van der Waals surface area contributed by atoms with Crippen LogP contribution in [0.1, 0.15) is 88.6 Å². The smallest absolute Gasteiger partial charge is 0.245 e. The summed E-state index contributed by atoms with van der Waals surface area (Å²) in [5, 5.41) is 9.77. The molecule has 6 nitrogen and oxygen atoms in total. The number of nitrogens with one attached hydrogen (secondary N) is 3. The summed E-state index contributed by atoms with van der Waals surface area (Å²) in [6, 6.07) is 0.496. The Labute approximate surface area is 239 Å². The molecule has 1 aliphatic carbocycles. The molecule has 0 bridgehead atoms. The first-order chi connectivity index (χ1) is 19.1. The standard InChI is InChI=1S/C32H48N4O2S/c1-3-5-6-7-8-9-10-11-12-13-14-15-16-17-18-19-20-21-30(37)34-26-31(38)36-32-35-28-23-22-27(33-24-4-2)25-29(28)39-32/h5-6,8-9,11-12,14-15,17-18,27,33H,3-4,7,10,13,16,19-26H2,1-2H3,(H,34,37)(H,35,36,38)/t27-/m1/s1. The van der Waals surface area contributed by atoms with Gasteiger partial charge in [0.1, 0.15) is 0 Å². The summed E-state index contributed by atoms with van der Waals surface area (Å²) in [6.07, 6.45) is 32.9. The second kappa shape index (κ2) is 21.1. The number of carbonyl (C=O) groups is 2. The lowest BCUT2D eigenvalue weighted by molar-refractivity contribution is -0.124. The lowest BCUT2D eigenvalue weighted by Crippen LogP contribution is -2.34. The summed E-state index contributed by atoms with van der Waals surface area (Å²) in [6.45, 7) is 5.33. The van der Waals surface area contributed by atoms with Gasteiger partial charge in [-0.1, -0.05) is 74.6 Å². The Kier molecular flexibility index (Phi) is 17.6. The minimum absolute atomic E-state index is 0.0224. The summed E-state index contributed by atoms with van der Waals surface area (Å²) < 4.78 is 0. The Balaban J connectivity index is 1.49. The molecular formula is C32H48N4O2S. The van der Waals surface area contributed by atoms with Crippen molar-refractivity contribution >= 4 is 28.3 Å². The molecule has 1 aromatic rings. The fourth-order valence-corrected chi connectivity index (χ4v) is 5.24. The number of thiazole rings is 1. The van der Waals surface area contributed by atoms with Crippen molar-refractivity contribution in [3.05, 3.63) is 71.3 Å². The maximum atomic E-state index is 12.3. The first-order valence-electron chi connectivity index (χ1n) is 14.7. The quantitative estimate of drug-likeness (QED) is 0.128. The van der Waals surface area contributed by atoms with Gasteiger partial charge in [0.15, 0.2) is 5.13 Å². The summed E-state index contributed by atoms with van der Waals surface area (Å²) >= 11 is 1.55. The van der Waals surface area contributed by atoms with Crippen molar-refractivity contribution in [1.82, 2.24) is 15.6 Å². The number of aryl methyl sites for hydroxylation is 1. The van der Waals surface area contributed by atoms with Gasteiger partial charge in [-0.3, -0.25) is 9.59 Å². The molecule has 1 aromatic heterocycles. The highest BCUT2D eigenvalue weighted by atomic mass is 32.1. The Hall–Kier alpha value is -2.77. The van der Waals surface area contributed by atoms with Crippen LogP contribution in [0.5, 0.6) is 0 Å². The third kappa shape index (κ3) is 15.4. The van der Waals surface area contributed by atoms with Gasteiger partial charge in [-0.2, -0.15) is 0 Å². The number of aromatic nitrogens is 1. The van der Waals surface area contributed by atoms with Gasteiger partial charge in [0.05, 0.1) is 12.2 Å². The fraction of sp³-hybridized carbons (Fsp3) is 0.531. The van der Waals surface area contributed by atoms with Gasteiger partial charge >= 0.3 is 0 Å². The molecule has 1 atom stereocenters. The fourth-order valence-electron chi connectivity index (χ4n) is 4.13. The highest BCUT2D eigenvalue weighted by molar-refractivity contribution is 7.15. The van der Waals surface area contributed by atoms with Crippen LogP contribution < -0.4 is 16.0 Å². The van der Waals surface area contributed by atoms with Crippen LogP contribution in [0, 0.1) is 0 Å². The molecule has 2 amide bonds. The second-order valence-electron chi connectivity index (χ2n) is 9.71. The van der Waals surface area contributed by atoms with E-state index in [2.05, 4.69) is 95.5 Å². The number of hydrogen-bond acceptors (Lipinski definition) is 5. The highest BCUT2D eigenvalue weighted by Crippen LogP contribution is 2.29. The van der Waals surface area contributed by atoms with E-state index in [9.17, 15) is 9.59 Å². The van der Waals surface area contributed by atoms with Gasteiger partial charge in [0.25, 0.3) is 0 Å². The predicted molar refractivity (Wildman–Crippen MR) is 166 cm³/mol. The molecule has 214 valence electrons. The Bertz CT molecular complexity index is 990. The zero-order valence-electron chi connectivity index (χ0n) is 23.9. The molecule has 0 saturated carbocycles. The van der Waals surface area contributed by atoms with E-state index in [-0.39, 0.29) is 18.4 Å². The van der Waals surface area contributed by atoms with Crippen molar-refractivity contribution in [2.24, 2.45) is 0 Å². The Morgan fingerprint density at radius 2 is 1.54 bits per heavy atom. The van der Waals surface area contributed by atoms with E-state index < -0.39 is 0 Å². The predicted octanol–water partition coefficient (Wildman–Crippen LogP) is 6.98. The van der Waals surface area contributed by atoms with Gasteiger partial charge < -0.3 is 16.0 Å². The molecule has 1 heterocycles. The summed E-state index contributed by atoms with van der Waals surface area (Å²) in [5.74, 6) is -0.325. The molecule has 2 rings (SSSR count). The van der Waals surface area contributed by atoms with E-state index in [1.165, 1.54) is 4.88 Å². The maximum Gasteiger partial charge on any atom is 0.245 e. The van der Waals surface area contributed by atoms with Crippen molar-refractivity contribution in [3.63, 3.8) is 0 Å². The number of unbranched alkanes of at least 4 members (excludes halogenated alkanes) is 1. The number of fused-ring (bicyclic) bond motifs is 1. The third-order valence-electron chi connectivity index (χ3n) is 6.25. The number of amides is 2. The monoisotopic (exact) mass is 552 g/mol. The number of nitrogens with zero attached hydrogens (tertiary/aromatic N) is 1. The molecule has 7 heteroatoms. The van der Waals surface area contributed by atoms with Crippen molar-refractivity contribution in [2.75, 3.05) is 18.4 Å². The van der Waals surface area contributed by atoms with Crippen LogP contribution in [0.4, 0.5) is 5.13 Å². The van der Waals surface area contributed by atoms with Crippen LogP contribution in [0.15, 0.2) is 60.8 Å². The molecular weight excluding hydrogens is 504 g/mol. The number of allylic oxidation sites excluding steroid dienone is 10. The molecule has 0 aliphatic heterocycles. The van der Waals surface area contributed by atoms with Crippen LogP contribution in [0.2, 0.25) is 0 Å². The van der Waals surface area contributed by atoms with Gasteiger partial charge in [-0.05, 0) is 77.2 Å². The van der Waals surface area contributed by atoms with Crippen molar-refractivity contribution in [3.8, 4) is 0 Å². The normalized spacial score (nSPS) is 15.8. The molecule has 0 fully saturated rings. The van der Waals surface area contributed by atoms with Gasteiger partial charge in [0.2, 0.25) is 11.8 Å². The van der Waals surface area contributed by atoms with E-state index in [4.69, 9.17) is 0 Å². The van der Waals surface area contributed by atoms with E-state index in [1.54, 1.807) is 11.3 Å². The molecule has 0 spiro atoms. The van der Waals surface area contributed by atoms with Gasteiger partial charge in [0, 0.05) is 17.3 Å². The first-order valence-corrected chi connectivity index (χ1v) is 15.5. The minimum Gasteiger partial charge on any atom is -0.347 e. The van der Waals surface area contributed by atoms with E-state index in [1.807, 2.05) is 0 Å². The van der Waals surface area contributed by atoms with Crippen LogP contribution in [0.25, 0.3) is 0 Å². The average Bonchev–Trinajstić information content (AvgIpc) is 3.33. The van der Waals surface area contributed by atoms with Gasteiger partial charge in [-0.15, -0.1) is 11.3 Å². The average molecular weight is 553 g/mol. The largest absolute Gasteiger partial charge is 0.347 e. The Morgan fingerprint density at radius 3 is 2.18 bits per heavy atom. The van der Waals surface area contributed by atoms with Crippen LogP contribution in [-0.4, -0.2) is 35.9 Å². The maximum absolute atomic E-state index is 12.3. The van der Waals surface area contributed by atoms with Crippen LogP contribution >= 0.6 is 11.3 Å². The molecule has 0 unspecified atom stereocenters. The summed E-state index contributed by atoms with van der Waals surface area (Å²) in [7, 11) is 0. The zero-order chi connectivity index (χ0) is 28.0. The lowest BCUT2D eigenvalue weighted by atomic mass is 9.98. The molecule has 0 saturated heterocycles. The SMILES string of the molecule is CCC=CCC=CCC=CCC=CCC=CCCCC(=O)NCC(=O)Nc1nc2c(s1)C[C@H](NCCC)CC2. The summed E-state index contributed by atoms with van der Waals surface area (Å²) in [5.41, 5.74) is 1.10. The van der Waals surface area contributed by atoms with Crippen molar-refractivity contribution < 1.29 is 9.59 Å².